The van der Waals surface area contributed by atoms with E-state index in [9.17, 15) is 0 Å². The second kappa shape index (κ2) is 9.31. The Labute approximate surface area is 75.4 Å². The molecule has 0 atom stereocenters. The molecule has 1 heteroatoms. The van der Waals surface area contributed by atoms with Gasteiger partial charge in [-0.2, -0.15) is 0 Å². The minimum atomic E-state index is 0.688. The summed E-state index contributed by atoms with van der Waals surface area (Å²) in [6, 6.07) is 0. The second-order valence-corrected chi connectivity index (χ2v) is 2.11. The van der Waals surface area contributed by atoms with Gasteiger partial charge in [0.15, 0.2) is 0 Å². The van der Waals surface area contributed by atoms with Gasteiger partial charge in [-0.1, -0.05) is 51.8 Å². The van der Waals surface area contributed by atoms with Crippen molar-refractivity contribution in [3.8, 4) is 0 Å². The van der Waals surface area contributed by atoms with Crippen LogP contribution >= 0.6 is 12.6 Å². The molecule has 0 unspecified atom stereocenters. The van der Waals surface area contributed by atoms with Crippen LogP contribution in [0.2, 0.25) is 0 Å². The topological polar surface area (TPSA) is 0 Å². The van der Waals surface area contributed by atoms with Crippen LogP contribution in [0.1, 0.15) is 13.8 Å². The fourth-order valence-electron chi connectivity index (χ4n) is 0.280. The SMILES string of the molecule is C=C/C=C\C(=C)C(=C)S.CC. The molecule has 11 heavy (non-hydrogen) atoms. The summed E-state index contributed by atoms with van der Waals surface area (Å²) in [6.07, 6.45) is 5.29. The largest absolute Gasteiger partial charge is 0.143 e. The molecule has 0 amide bonds. The first-order valence-corrected chi connectivity index (χ1v) is 3.99. The zero-order chi connectivity index (χ0) is 9.28. The van der Waals surface area contributed by atoms with Crippen LogP contribution in [0.15, 0.2) is 48.4 Å². The molecular weight excluding hydrogens is 152 g/mol. The van der Waals surface area contributed by atoms with Gasteiger partial charge in [-0.15, -0.1) is 12.6 Å². The fourth-order valence-corrected chi connectivity index (χ4v) is 0.355. The van der Waals surface area contributed by atoms with Gasteiger partial charge in [-0.25, -0.2) is 0 Å². The summed E-state index contributed by atoms with van der Waals surface area (Å²) in [5.74, 6) is 0. The summed E-state index contributed by atoms with van der Waals surface area (Å²) in [7, 11) is 0. The van der Waals surface area contributed by atoms with Crippen molar-refractivity contribution in [1.29, 1.82) is 0 Å². The summed E-state index contributed by atoms with van der Waals surface area (Å²) in [6.45, 7) is 14.8. The molecule has 0 aromatic carbocycles. The molecule has 0 nitrogen and oxygen atoms in total. The lowest BCUT2D eigenvalue weighted by molar-refractivity contribution is 1.50. The third-order valence-electron chi connectivity index (χ3n) is 0.804. The summed E-state index contributed by atoms with van der Waals surface area (Å²) in [4.78, 5) is 0.688. The summed E-state index contributed by atoms with van der Waals surface area (Å²) >= 11 is 3.99. The van der Waals surface area contributed by atoms with E-state index in [0.717, 1.165) is 5.57 Å². The number of hydrogen-bond acceptors (Lipinski definition) is 1. The van der Waals surface area contributed by atoms with E-state index >= 15 is 0 Å². The minimum absolute atomic E-state index is 0.688. The predicted molar refractivity (Wildman–Crippen MR) is 58.0 cm³/mol. The molecule has 62 valence electrons. The maximum Gasteiger partial charge on any atom is 0.00346 e. The Bertz CT molecular complexity index is 164. The lowest BCUT2D eigenvalue weighted by atomic mass is 10.3. The molecule has 0 bridgehead atoms. The van der Waals surface area contributed by atoms with Crippen LogP contribution in [-0.4, -0.2) is 0 Å². The first-order chi connectivity index (χ1) is 5.18. The van der Waals surface area contributed by atoms with Crippen molar-refractivity contribution in [3.05, 3.63) is 48.4 Å². The van der Waals surface area contributed by atoms with Crippen LogP contribution in [0, 0.1) is 0 Å². The molecule has 0 N–H and O–H groups in total. The lowest BCUT2D eigenvalue weighted by Gasteiger charge is -1.91. The van der Waals surface area contributed by atoms with Crippen molar-refractivity contribution in [2.75, 3.05) is 0 Å². The van der Waals surface area contributed by atoms with Crippen LogP contribution < -0.4 is 0 Å². The standard InChI is InChI=1S/C8H10S.C2H6/c1-4-5-6-7(2)8(3)9;1-2/h4-6,9H,1-3H2;1-2H3/b6-5-;. The van der Waals surface area contributed by atoms with Gasteiger partial charge in [0.1, 0.15) is 0 Å². The molecule has 0 aliphatic carbocycles. The molecule has 0 aromatic heterocycles. The van der Waals surface area contributed by atoms with Crippen LogP contribution in [0.4, 0.5) is 0 Å². The molecule has 0 aromatic rings. The zero-order valence-electron chi connectivity index (χ0n) is 7.30. The van der Waals surface area contributed by atoms with Crippen LogP contribution in [0.5, 0.6) is 0 Å². The van der Waals surface area contributed by atoms with E-state index in [1.165, 1.54) is 0 Å². The molecule has 0 saturated carbocycles. The van der Waals surface area contributed by atoms with Gasteiger partial charge in [-0.05, 0) is 5.57 Å². The number of hydrogen-bond donors (Lipinski definition) is 1. The van der Waals surface area contributed by atoms with Gasteiger partial charge in [0.05, 0.1) is 0 Å². The van der Waals surface area contributed by atoms with Crippen molar-refractivity contribution in [2.45, 2.75) is 13.8 Å². The Balaban J connectivity index is 0. The van der Waals surface area contributed by atoms with Gasteiger partial charge < -0.3 is 0 Å². The highest BCUT2D eigenvalue weighted by Crippen LogP contribution is 2.09. The first kappa shape index (κ1) is 12.9. The van der Waals surface area contributed by atoms with Crippen molar-refractivity contribution in [2.24, 2.45) is 0 Å². The minimum Gasteiger partial charge on any atom is -0.143 e. The summed E-state index contributed by atoms with van der Waals surface area (Å²) in [5.41, 5.74) is 0.818. The van der Waals surface area contributed by atoms with E-state index in [-0.39, 0.29) is 0 Å². The van der Waals surface area contributed by atoms with E-state index in [0.29, 0.717) is 4.91 Å². The highest BCUT2D eigenvalue weighted by atomic mass is 32.1. The van der Waals surface area contributed by atoms with Gasteiger partial charge >= 0.3 is 0 Å². The van der Waals surface area contributed by atoms with Crippen LogP contribution in [0.25, 0.3) is 0 Å². The average Bonchev–Trinajstić information content (AvgIpc) is 2.03. The maximum atomic E-state index is 3.99. The summed E-state index contributed by atoms with van der Waals surface area (Å²) in [5, 5.41) is 0. The predicted octanol–water partition coefficient (Wildman–Crippen LogP) is 3.75. The Hall–Kier alpha value is -0.690. The van der Waals surface area contributed by atoms with Gasteiger partial charge in [0, 0.05) is 4.91 Å². The molecule has 0 fully saturated rings. The van der Waals surface area contributed by atoms with Crippen molar-refractivity contribution < 1.29 is 0 Å². The third-order valence-corrected chi connectivity index (χ3v) is 1.09. The monoisotopic (exact) mass is 168 g/mol. The normalized spacial score (nSPS) is 8.27. The average molecular weight is 168 g/mol. The number of rotatable bonds is 3. The van der Waals surface area contributed by atoms with Gasteiger partial charge in [0.2, 0.25) is 0 Å². The van der Waals surface area contributed by atoms with Crippen LogP contribution in [-0.2, 0) is 0 Å². The number of thiol groups is 1. The first-order valence-electron chi connectivity index (χ1n) is 3.54. The van der Waals surface area contributed by atoms with E-state index in [4.69, 9.17) is 0 Å². The van der Waals surface area contributed by atoms with Crippen molar-refractivity contribution in [3.63, 3.8) is 0 Å². The molecule has 0 rings (SSSR count). The Morgan fingerprint density at radius 1 is 1.27 bits per heavy atom. The molecule has 0 aliphatic heterocycles. The van der Waals surface area contributed by atoms with Crippen LogP contribution in [0.3, 0.4) is 0 Å². The number of allylic oxidation sites excluding steroid dienone is 4. The Morgan fingerprint density at radius 3 is 2.00 bits per heavy atom. The van der Waals surface area contributed by atoms with Gasteiger partial charge in [0.25, 0.3) is 0 Å². The molecule has 0 spiro atoms. The van der Waals surface area contributed by atoms with E-state index in [2.05, 4.69) is 32.4 Å². The van der Waals surface area contributed by atoms with E-state index in [1.54, 1.807) is 12.2 Å². The summed E-state index contributed by atoms with van der Waals surface area (Å²) < 4.78 is 0. The van der Waals surface area contributed by atoms with E-state index in [1.807, 2.05) is 19.9 Å². The van der Waals surface area contributed by atoms with E-state index < -0.39 is 0 Å². The third kappa shape index (κ3) is 9.31. The van der Waals surface area contributed by atoms with Gasteiger partial charge in [-0.3, -0.25) is 0 Å². The maximum absolute atomic E-state index is 3.99. The highest BCUT2D eigenvalue weighted by Gasteiger charge is 1.84. The molecular formula is C10H16S. The fraction of sp³-hybridized carbons (Fsp3) is 0.200. The lowest BCUT2D eigenvalue weighted by Crippen LogP contribution is -1.69. The smallest absolute Gasteiger partial charge is 0.00346 e. The molecule has 0 aliphatic rings. The molecule has 0 radical (unpaired) electrons. The Kier molecular flexibility index (Phi) is 11.0. The highest BCUT2D eigenvalue weighted by molar-refractivity contribution is 7.84. The second-order valence-electron chi connectivity index (χ2n) is 1.57. The molecule has 0 heterocycles. The van der Waals surface area contributed by atoms with Crippen molar-refractivity contribution >= 4 is 12.6 Å². The zero-order valence-corrected chi connectivity index (χ0v) is 8.20. The molecule has 0 saturated heterocycles. The Morgan fingerprint density at radius 2 is 1.73 bits per heavy atom. The van der Waals surface area contributed by atoms with Crippen molar-refractivity contribution in [1.82, 2.24) is 0 Å². The quantitative estimate of drug-likeness (QED) is 0.481.